The van der Waals surface area contributed by atoms with Crippen LogP contribution in [0.1, 0.15) is 40.2 Å². The number of H-pyrrole nitrogens is 1. The predicted octanol–water partition coefficient (Wildman–Crippen LogP) is 1.93. The van der Waals surface area contributed by atoms with Crippen LogP contribution in [0, 0.1) is 17.7 Å². The van der Waals surface area contributed by atoms with Crippen LogP contribution in [0.2, 0.25) is 0 Å². The van der Waals surface area contributed by atoms with Crippen molar-refractivity contribution in [3.05, 3.63) is 53.7 Å². The van der Waals surface area contributed by atoms with Crippen molar-refractivity contribution < 1.29 is 35.1 Å². The topological polar surface area (TPSA) is 91.1 Å². The van der Waals surface area contributed by atoms with Gasteiger partial charge in [-0.3, -0.25) is 0 Å². The van der Waals surface area contributed by atoms with Crippen LogP contribution in [0.15, 0.2) is 36.7 Å². The van der Waals surface area contributed by atoms with E-state index in [1.54, 1.807) is 18.3 Å². The van der Waals surface area contributed by atoms with Gasteiger partial charge in [-0.15, -0.1) is 0 Å². The first-order valence-corrected chi connectivity index (χ1v) is 14.6. The number of nitrogens with zero attached hydrogens (tertiary/aromatic N) is 1. The Morgan fingerprint density at radius 1 is 1.20 bits per heavy atom. The summed E-state index contributed by atoms with van der Waals surface area (Å²) in [4.78, 5) is 21.2. The molecule has 0 spiro atoms. The monoisotopic (exact) mass is 590 g/mol. The summed E-state index contributed by atoms with van der Waals surface area (Å²) in [5, 5.41) is 10.0. The van der Waals surface area contributed by atoms with Crippen LogP contribution in [0.4, 0.5) is 21.5 Å². The molecule has 1 aromatic carbocycles. The van der Waals surface area contributed by atoms with Gasteiger partial charge in [-0.2, -0.15) is 0 Å². The van der Waals surface area contributed by atoms with Crippen molar-refractivity contribution in [1.29, 1.82) is 0 Å². The number of carbonyl (C=O) groups excluding carboxylic acids is 1. The molecule has 3 aromatic rings. The fraction of sp³-hybridized carbons (Fsp3) is 0.385. The quantitative estimate of drug-likeness (QED) is 0.277. The molecule has 7 nitrogen and oxygen atoms in total. The Morgan fingerprint density at radius 2 is 2.06 bits per heavy atom. The molecular formula is C26H30FIN5O2-. The maximum absolute atomic E-state index is 14.5. The zero-order valence-corrected chi connectivity index (χ0v) is 22.2. The van der Waals surface area contributed by atoms with Crippen molar-refractivity contribution in [1.82, 2.24) is 15.3 Å². The second-order valence-electron chi connectivity index (χ2n) is 9.19. The Kier molecular flexibility index (Phi) is 6.86. The summed E-state index contributed by atoms with van der Waals surface area (Å²) in [5.41, 5.74) is 5.26. The van der Waals surface area contributed by atoms with E-state index in [0.29, 0.717) is 35.3 Å². The minimum absolute atomic E-state index is 0.110. The molecule has 0 radical (unpaired) electrons. The molecular weight excluding hydrogens is 560 g/mol. The molecule has 0 saturated carbocycles. The van der Waals surface area contributed by atoms with Crippen LogP contribution in [0.5, 0.6) is 5.75 Å². The third-order valence-electron chi connectivity index (χ3n) is 6.94. The van der Waals surface area contributed by atoms with E-state index in [4.69, 9.17) is 4.74 Å². The average Bonchev–Trinajstić information content (AvgIpc) is 3.23. The fourth-order valence-electron chi connectivity index (χ4n) is 4.64. The van der Waals surface area contributed by atoms with Crippen molar-refractivity contribution in [3.63, 3.8) is 0 Å². The number of alkyl halides is 2. The summed E-state index contributed by atoms with van der Waals surface area (Å²) >= 11 is -0.209. The number of benzene rings is 1. The molecule has 186 valence electrons. The number of nitrogens with one attached hydrogen (secondary N) is 4. The van der Waals surface area contributed by atoms with Crippen molar-refractivity contribution in [2.24, 2.45) is 11.8 Å². The number of ether oxygens (including phenoxy) is 1. The van der Waals surface area contributed by atoms with E-state index in [1.165, 1.54) is 17.6 Å². The van der Waals surface area contributed by atoms with Crippen molar-refractivity contribution >= 4 is 23.0 Å². The summed E-state index contributed by atoms with van der Waals surface area (Å²) in [7, 11) is 1.44. The van der Waals surface area contributed by atoms with E-state index in [-0.39, 0.29) is 36.8 Å². The number of para-hydroxylation sites is 1. The normalized spacial score (nSPS) is 22.2. The Bertz CT molecular complexity index is 1250. The van der Waals surface area contributed by atoms with E-state index in [0.717, 1.165) is 35.6 Å². The molecule has 2 bridgehead atoms. The van der Waals surface area contributed by atoms with E-state index in [1.807, 2.05) is 12.3 Å². The molecule has 2 aromatic heterocycles. The average molecular weight is 590 g/mol. The van der Waals surface area contributed by atoms with E-state index in [2.05, 4.69) is 39.8 Å². The minimum atomic E-state index is -0.465. The first-order chi connectivity index (χ1) is 17.0. The molecule has 0 saturated heterocycles. The first-order valence-electron chi connectivity index (χ1n) is 11.9. The molecule has 2 aliphatic heterocycles. The van der Waals surface area contributed by atoms with Crippen molar-refractivity contribution in [2.75, 3.05) is 35.3 Å². The first kappa shape index (κ1) is 23.9. The molecule has 35 heavy (non-hydrogen) atoms. The van der Waals surface area contributed by atoms with Crippen LogP contribution >= 0.6 is 0 Å². The number of methoxy groups -OCH3 is 1. The van der Waals surface area contributed by atoms with Gasteiger partial charge in [0, 0.05) is 0 Å². The van der Waals surface area contributed by atoms with Crippen LogP contribution in [0.25, 0.3) is 11.3 Å². The van der Waals surface area contributed by atoms with Gasteiger partial charge in [0.05, 0.1) is 0 Å². The van der Waals surface area contributed by atoms with Gasteiger partial charge in [0.25, 0.3) is 0 Å². The molecule has 0 aliphatic carbocycles. The Morgan fingerprint density at radius 3 is 2.89 bits per heavy atom. The second-order valence-corrected chi connectivity index (χ2v) is 12.5. The Hall–Kier alpha value is -2.82. The number of hydrogen-bond acceptors (Lipinski definition) is 5. The number of halogens is 2. The number of hydrogen-bond donors (Lipinski definition) is 4. The number of fused-ring (bicyclic) bond motifs is 3. The van der Waals surface area contributed by atoms with Crippen LogP contribution < -0.4 is 41.9 Å². The van der Waals surface area contributed by atoms with Gasteiger partial charge in [0.15, 0.2) is 0 Å². The van der Waals surface area contributed by atoms with E-state index < -0.39 is 5.82 Å². The van der Waals surface area contributed by atoms with Gasteiger partial charge >= 0.3 is 215 Å². The van der Waals surface area contributed by atoms with Gasteiger partial charge < -0.3 is 0 Å². The molecule has 2 aliphatic rings. The molecule has 1 amide bonds. The molecule has 0 fully saturated rings. The molecule has 9 heteroatoms. The van der Waals surface area contributed by atoms with Gasteiger partial charge in [0.1, 0.15) is 0 Å². The molecule has 5 rings (SSSR count). The third kappa shape index (κ3) is 4.57. The Balaban J connectivity index is 1.70. The number of aromatic nitrogens is 2. The molecule has 3 unspecified atom stereocenters. The number of rotatable bonds is 3. The van der Waals surface area contributed by atoms with Gasteiger partial charge in [-0.1, -0.05) is 0 Å². The van der Waals surface area contributed by atoms with Crippen LogP contribution in [0.3, 0.4) is 0 Å². The van der Waals surface area contributed by atoms with E-state index in [9.17, 15) is 9.18 Å². The SMILES string of the molecule is COc1c(F)cccc1Nc1c2[nH]c3c1C(=O)NCC3[I-]CC(C)C(C)CCNc1cnccc1-2. The third-order valence-corrected chi connectivity index (χ3v) is 11.0. The van der Waals surface area contributed by atoms with Gasteiger partial charge in [-0.25, -0.2) is 0 Å². The summed E-state index contributed by atoms with van der Waals surface area (Å²) in [6.07, 6.45) is 4.65. The number of carbonyl (C=O) groups is 1. The van der Waals surface area contributed by atoms with Crippen molar-refractivity contribution in [2.45, 2.75) is 24.2 Å². The van der Waals surface area contributed by atoms with Gasteiger partial charge in [0.2, 0.25) is 0 Å². The number of anilines is 3. The van der Waals surface area contributed by atoms with Gasteiger partial charge in [-0.05, 0) is 0 Å². The number of amides is 1. The maximum atomic E-state index is 14.5. The number of aromatic amines is 1. The van der Waals surface area contributed by atoms with Crippen LogP contribution in [-0.2, 0) is 0 Å². The molecule has 4 N–H and O–H groups in total. The summed E-state index contributed by atoms with van der Waals surface area (Å²) in [6.45, 7) is 6.15. The summed E-state index contributed by atoms with van der Waals surface area (Å²) in [6, 6.07) is 6.68. The summed E-state index contributed by atoms with van der Waals surface area (Å²) in [5.74, 6) is 0.741. The number of pyridine rings is 1. The standard InChI is InChI=1S/C26H30FIN5O2/c1-14-7-10-30-20-13-29-9-8-16(20)22-24(32-19-6-4-5-17(27)25(19)35-3)21-23(33-22)18(12-31-26(21)34)28-11-15(14)2/h4-6,8-9,13-15,18,30,32-33H,7,10-12H2,1-3H3,(H,31,34)/q-1. The van der Waals surface area contributed by atoms with E-state index >= 15 is 0 Å². The fourth-order valence-corrected chi connectivity index (χ4v) is 8.37. The molecule has 3 atom stereocenters. The van der Waals surface area contributed by atoms with Crippen molar-refractivity contribution in [3.8, 4) is 17.0 Å². The predicted molar refractivity (Wildman–Crippen MR) is 132 cm³/mol. The zero-order chi connectivity index (χ0) is 24.5. The second kappa shape index (κ2) is 10.0. The summed E-state index contributed by atoms with van der Waals surface area (Å²) < 4.78 is 21.3. The Labute approximate surface area is 214 Å². The zero-order valence-electron chi connectivity index (χ0n) is 20.0. The van der Waals surface area contributed by atoms with Crippen LogP contribution in [-0.4, -0.2) is 40.5 Å². The molecule has 4 heterocycles.